The Bertz CT molecular complexity index is 1210. The van der Waals surface area contributed by atoms with E-state index in [1.165, 1.54) is 17.0 Å². The molecule has 0 radical (unpaired) electrons. The van der Waals surface area contributed by atoms with E-state index in [1.807, 2.05) is 58.3 Å². The predicted octanol–water partition coefficient (Wildman–Crippen LogP) is 2.50. The first-order chi connectivity index (χ1) is 17.0. The number of amides is 2. The van der Waals surface area contributed by atoms with E-state index in [0.717, 1.165) is 24.2 Å². The maximum atomic E-state index is 13.4. The van der Waals surface area contributed by atoms with Gasteiger partial charge in [0.2, 0.25) is 0 Å². The van der Waals surface area contributed by atoms with Crippen molar-refractivity contribution in [1.82, 2.24) is 24.7 Å². The number of aliphatic hydroxyl groups is 1. The first-order valence-electron chi connectivity index (χ1n) is 12.2. The molecule has 8 heteroatoms. The number of piperazine rings is 1. The molecular formula is C27H31N5O3. The van der Waals surface area contributed by atoms with Crippen LogP contribution in [0.5, 0.6) is 0 Å². The lowest BCUT2D eigenvalue weighted by Gasteiger charge is -2.43. The Hall–Kier alpha value is -3.49. The number of likely N-dealkylation sites (tertiary alicyclic amines) is 1. The summed E-state index contributed by atoms with van der Waals surface area (Å²) >= 11 is 0. The van der Waals surface area contributed by atoms with E-state index in [9.17, 15) is 14.7 Å². The number of piperidine rings is 1. The van der Waals surface area contributed by atoms with Gasteiger partial charge in [-0.1, -0.05) is 60.7 Å². The highest BCUT2D eigenvalue weighted by molar-refractivity contribution is 5.75. The molecule has 5 rings (SSSR count). The van der Waals surface area contributed by atoms with E-state index in [1.54, 1.807) is 0 Å². The highest BCUT2D eigenvalue weighted by Crippen LogP contribution is 2.28. The van der Waals surface area contributed by atoms with Gasteiger partial charge in [-0.05, 0) is 18.4 Å². The molecule has 182 valence electrons. The number of hydrogen-bond donors (Lipinski definition) is 2. The Morgan fingerprint density at radius 2 is 1.71 bits per heavy atom. The van der Waals surface area contributed by atoms with Gasteiger partial charge in [0.1, 0.15) is 0 Å². The zero-order valence-corrected chi connectivity index (χ0v) is 19.7. The second-order valence-corrected chi connectivity index (χ2v) is 9.42. The molecule has 0 aliphatic carbocycles. The molecule has 8 nitrogen and oxygen atoms in total. The van der Waals surface area contributed by atoms with Crippen molar-refractivity contribution >= 4 is 6.03 Å². The van der Waals surface area contributed by atoms with Gasteiger partial charge in [0, 0.05) is 44.4 Å². The van der Waals surface area contributed by atoms with Crippen molar-refractivity contribution in [3.63, 3.8) is 0 Å². The number of nitrogens with zero attached hydrogens (tertiary/aromatic N) is 4. The molecule has 2 fully saturated rings. The lowest BCUT2D eigenvalue weighted by Crippen LogP contribution is -2.56. The molecule has 1 aromatic heterocycles. The number of aromatic nitrogens is 2. The van der Waals surface area contributed by atoms with Crippen LogP contribution in [-0.4, -0.2) is 68.8 Å². The average Bonchev–Trinajstić information content (AvgIpc) is 2.91. The third-order valence-corrected chi connectivity index (χ3v) is 7.05. The summed E-state index contributed by atoms with van der Waals surface area (Å²) in [6.07, 6.45) is 2.33. The van der Waals surface area contributed by atoms with E-state index >= 15 is 0 Å². The monoisotopic (exact) mass is 473 g/mol. The van der Waals surface area contributed by atoms with Crippen LogP contribution in [0.1, 0.15) is 24.4 Å². The standard InChI is InChI=1S/C27H31N5O3/c33-25-17-23(21-7-3-1-4-8-21)29-20-31(25)19-27(35)11-14-30(15-12-27)26(34)32-16-13-28-18-24(32)22-9-5-2-6-10-22/h1-10,17,20,24,28,35H,11-16,18-19H2/t24-/m0/s1. The summed E-state index contributed by atoms with van der Waals surface area (Å²) in [7, 11) is 0. The molecule has 0 bridgehead atoms. The molecule has 1 atom stereocenters. The smallest absolute Gasteiger partial charge is 0.320 e. The topological polar surface area (TPSA) is 90.7 Å². The van der Waals surface area contributed by atoms with E-state index in [4.69, 9.17) is 0 Å². The number of urea groups is 1. The van der Waals surface area contributed by atoms with Crippen LogP contribution in [0.4, 0.5) is 4.79 Å². The van der Waals surface area contributed by atoms with Crippen LogP contribution in [0.15, 0.2) is 77.9 Å². The SMILES string of the molecule is O=C(N1CCC(O)(Cn2cnc(-c3ccccc3)cc2=O)CC1)N1CCNC[C@H]1c1ccccc1. The van der Waals surface area contributed by atoms with Gasteiger partial charge in [-0.2, -0.15) is 0 Å². The van der Waals surface area contributed by atoms with Gasteiger partial charge in [-0.15, -0.1) is 0 Å². The van der Waals surface area contributed by atoms with Crippen molar-refractivity contribution in [3.8, 4) is 11.3 Å². The summed E-state index contributed by atoms with van der Waals surface area (Å²) in [5.74, 6) is 0. The van der Waals surface area contributed by atoms with Gasteiger partial charge in [-0.25, -0.2) is 9.78 Å². The summed E-state index contributed by atoms with van der Waals surface area (Å²) in [5, 5.41) is 14.6. The summed E-state index contributed by atoms with van der Waals surface area (Å²) in [6.45, 7) is 3.20. The maximum absolute atomic E-state index is 13.4. The first-order valence-corrected chi connectivity index (χ1v) is 12.2. The van der Waals surface area contributed by atoms with Crippen molar-refractivity contribution in [3.05, 3.63) is 89.0 Å². The van der Waals surface area contributed by atoms with Gasteiger partial charge >= 0.3 is 6.03 Å². The van der Waals surface area contributed by atoms with Crippen LogP contribution in [0.25, 0.3) is 11.3 Å². The Kier molecular flexibility index (Phi) is 6.66. The van der Waals surface area contributed by atoms with Crippen molar-refractivity contribution in [2.24, 2.45) is 0 Å². The first kappa shape index (κ1) is 23.3. The van der Waals surface area contributed by atoms with Gasteiger partial charge < -0.3 is 20.2 Å². The summed E-state index contributed by atoms with van der Waals surface area (Å²) in [6, 6.07) is 21.1. The zero-order chi connectivity index (χ0) is 24.3. The zero-order valence-electron chi connectivity index (χ0n) is 19.7. The van der Waals surface area contributed by atoms with Crippen LogP contribution >= 0.6 is 0 Å². The molecule has 0 saturated carbocycles. The number of rotatable bonds is 4. The Balaban J connectivity index is 1.23. The minimum Gasteiger partial charge on any atom is -0.388 e. The predicted molar refractivity (Wildman–Crippen MR) is 134 cm³/mol. The summed E-state index contributed by atoms with van der Waals surface area (Å²) in [4.78, 5) is 34.3. The Labute approximate surface area is 204 Å². The fraction of sp³-hybridized carbons (Fsp3) is 0.370. The molecule has 0 unspecified atom stereocenters. The number of carbonyl (C=O) groups excluding carboxylic acids is 1. The fourth-order valence-electron chi connectivity index (χ4n) is 4.99. The molecular weight excluding hydrogens is 442 g/mol. The van der Waals surface area contributed by atoms with Crippen LogP contribution in [0, 0.1) is 0 Å². The molecule has 2 aromatic carbocycles. The third kappa shape index (κ3) is 5.13. The molecule has 2 amide bonds. The molecule has 3 aromatic rings. The van der Waals surface area contributed by atoms with Crippen molar-refractivity contribution in [1.29, 1.82) is 0 Å². The number of nitrogens with one attached hydrogen (secondary N) is 1. The van der Waals surface area contributed by atoms with Crippen molar-refractivity contribution in [2.75, 3.05) is 32.7 Å². The second kappa shape index (κ2) is 10.0. The highest BCUT2D eigenvalue weighted by Gasteiger charge is 2.38. The molecule has 2 N–H and O–H groups in total. The highest BCUT2D eigenvalue weighted by atomic mass is 16.3. The van der Waals surface area contributed by atoms with Gasteiger partial charge in [0.15, 0.2) is 0 Å². The molecule has 2 aliphatic heterocycles. The maximum Gasteiger partial charge on any atom is 0.320 e. The quantitative estimate of drug-likeness (QED) is 0.608. The van der Waals surface area contributed by atoms with Crippen LogP contribution in [0.3, 0.4) is 0 Å². The second-order valence-electron chi connectivity index (χ2n) is 9.42. The molecule has 2 saturated heterocycles. The van der Waals surface area contributed by atoms with Gasteiger partial charge in [0.25, 0.3) is 5.56 Å². The van der Waals surface area contributed by atoms with Gasteiger partial charge in [-0.3, -0.25) is 9.36 Å². The van der Waals surface area contributed by atoms with Crippen LogP contribution in [-0.2, 0) is 6.54 Å². The van der Waals surface area contributed by atoms with E-state index < -0.39 is 5.60 Å². The summed E-state index contributed by atoms with van der Waals surface area (Å²) in [5.41, 5.74) is 1.36. The Morgan fingerprint density at radius 3 is 2.40 bits per heavy atom. The third-order valence-electron chi connectivity index (χ3n) is 7.05. The fourth-order valence-corrected chi connectivity index (χ4v) is 4.99. The largest absolute Gasteiger partial charge is 0.388 e. The van der Waals surface area contributed by atoms with Crippen molar-refractivity contribution in [2.45, 2.75) is 31.0 Å². The molecule has 35 heavy (non-hydrogen) atoms. The lowest BCUT2D eigenvalue weighted by molar-refractivity contribution is -0.0305. The normalized spacial score (nSPS) is 20.0. The molecule has 3 heterocycles. The van der Waals surface area contributed by atoms with E-state index in [0.29, 0.717) is 38.2 Å². The number of hydrogen-bond acceptors (Lipinski definition) is 5. The lowest BCUT2D eigenvalue weighted by atomic mass is 9.91. The molecule has 2 aliphatic rings. The number of benzene rings is 2. The summed E-state index contributed by atoms with van der Waals surface area (Å²) < 4.78 is 1.46. The van der Waals surface area contributed by atoms with Crippen LogP contribution in [0.2, 0.25) is 0 Å². The van der Waals surface area contributed by atoms with Crippen LogP contribution < -0.4 is 10.9 Å². The van der Waals surface area contributed by atoms with Gasteiger partial charge in [0.05, 0.1) is 30.2 Å². The minimum absolute atomic E-state index is 0.00782. The Morgan fingerprint density at radius 1 is 1.03 bits per heavy atom. The molecule has 0 spiro atoms. The minimum atomic E-state index is -1.06. The van der Waals surface area contributed by atoms with Crippen molar-refractivity contribution < 1.29 is 9.90 Å². The van der Waals surface area contributed by atoms with E-state index in [2.05, 4.69) is 22.4 Å². The average molecular weight is 474 g/mol. The number of carbonyl (C=O) groups is 1. The van der Waals surface area contributed by atoms with E-state index in [-0.39, 0.29) is 24.2 Å².